The summed E-state index contributed by atoms with van der Waals surface area (Å²) in [6, 6.07) is 0. The molecule has 0 aromatic rings. The molecule has 4 aliphatic rings. The maximum Gasteiger partial charge on any atom is 0.0175 e. The van der Waals surface area contributed by atoms with Gasteiger partial charge in [-0.3, -0.25) is 0 Å². The number of alkyl halides is 2. The fraction of sp³-hybridized carbons (Fsp3) is 1.00. The molecule has 4 aliphatic carbocycles. The van der Waals surface area contributed by atoms with Crippen molar-refractivity contribution in [2.45, 2.75) is 20.7 Å². The summed E-state index contributed by atoms with van der Waals surface area (Å²) in [7, 11) is 0. The van der Waals surface area contributed by atoms with Crippen LogP contribution in [0.25, 0.3) is 0 Å². The summed E-state index contributed by atoms with van der Waals surface area (Å²) in [4.78, 5) is 0. The number of fused-ring (bicyclic) bond motifs is 4. The Kier molecular flexibility index (Phi) is 1.39. The minimum absolute atomic E-state index is 1.08. The molecule has 0 N–H and O–H groups in total. The standard InChI is InChI=1S/C10H12I2/c11-9-5-1-3-6-2-4(5)8(7(3)9)10(6)12/h3-10H,1-2H2/t3-,4-,5-,6-,7-,8+,9-,10+/m1/s1. The van der Waals surface area contributed by atoms with Gasteiger partial charge in [0, 0.05) is 7.85 Å². The predicted molar refractivity (Wildman–Crippen MR) is 65.8 cm³/mol. The topological polar surface area (TPSA) is 0 Å². The molecule has 0 aromatic carbocycles. The zero-order valence-corrected chi connectivity index (χ0v) is 11.1. The van der Waals surface area contributed by atoms with E-state index in [0.717, 1.165) is 19.7 Å². The van der Waals surface area contributed by atoms with E-state index in [1.54, 1.807) is 12.8 Å². The summed E-state index contributed by atoms with van der Waals surface area (Å²) in [6.45, 7) is 0. The lowest BCUT2D eigenvalue weighted by atomic mass is 9.71. The van der Waals surface area contributed by atoms with Crippen molar-refractivity contribution in [3.63, 3.8) is 0 Å². The SMILES string of the molecule is I[C@@H]1[C@@H]2C[C@@H]3[C@H]4C[C@H]2[C@H]([C@H]4I)[C@H]13. The average Bonchev–Trinajstić information content (AvgIpc) is 2.68. The second kappa shape index (κ2) is 2.17. The van der Waals surface area contributed by atoms with Crippen LogP contribution in [0.2, 0.25) is 0 Å². The van der Waals surface area contributed by atoms with Crippen molar-refractivity contribution in [2.75, 3.05) is 0 Å². The molecule has 0 nitrogen and oxygen atoms in total. The van der Waals surface area contributed by atoms with E-state index < -0.39 is 0 Å². The Morgan fingerprint density at radius 3 is 1.42 bits per heavy atom. The van der Waals surface area contributed by atoms with Gasteiger partial charge in [-0.25, -0.2) is 0 Å². The van der Waals surface area contributed by atoms with Crippen LogP contribution < -0.4 is 0 Å². The fourth-order valence-electron chi connectivity index (χ4n) is 4.98. The highest BCUT2D eigenvalue weighted by molar-refractivity contribution is 14.1. The third-order valence-corrected chi connectivity index (χ3v) is 8.68. The van der Waals surface area contributed by atoms with Crippen LogP contribution >= 0.6 is 45.2 Å². The van der Waals surface area contributed by atoms with E-state index in [9.17, 15) is 0 Å². The molecule has 0 amide bonds. The molecule has 0 unspecified atom stereocenters. The van der Waals surface area contributed by atoms with Gasteiger partial charge < -0.3 is 0 Å². The van der Waals surface area contributed by atoms with Gasteiger partial charge in [-0.2, -0.15) is 0 Å². The highest BCUT2D eigenvalue weighted by atomic mass is 127. The molecule has 0 aliphatic heterocycles. The summed E-state index contributed by atoms with van der Waals surface area (Å²) in [5, 5.41) is 0. The molecule has 12 heavy (non-hydrogen) atoms. The van der Waals surface area contributed by atoms with Gasteiger partial charge in [0.1, 0.15) is 0 Å². The predicted octanol–water partition coefficient (Wildman–Crippen LogP) is 3.13. The first-order chi connectivity index (χ1) is 5.79. The van der Waals surface area contributed by atoms with E-state index in [1.165, 1.54) is 23.7 Å². The van der Waals surface area contributed by atoms with Crippen LogP contribution in [0.15, 0.2) is 0 Å². The lowest BCUT2D eigenvalue weighted by molar-refractivity contribution is 0.146. The number of halogens is 2. The first-order valence-corrected chi connectivity index (χ1v) is 7.56. The van der Waals surface area contributed by atoms with Gasteiger partial charge >= 0.3 is 0 Å². The third kappa shape index (κ3) is 0.607. The smallest absolute Gasteiger partial charge is 0.0175 e. The molecule has 0 spiro atoms. The first kappa shape index (κ1) is 7.71. The Morgan fingerprint density at radius 2 is 1.08 bits per heavy atom. The van der Waals surface area contributed by atoms with Crippen molar-refractivity contribution in [2.24, 2.45) is 35.5 Å². The van der Waals surface area contributed by atoms with Crippen molar-refractivity contribution in [3.05, 3.63) is 0 Å². The zero-order chi connectivity index (χ0) is 8.03. The van der Waals surface area contributed by atoms with Gasteiger partial charge in [0.05, 0.1) is 0 Å². The fourth-order valence-corrected chi connectivity index (χ4v) is 8.66. The lowest BCUT2D eigenvalue weighted by Crippen LogP contribution is -2.27. The van der Waals surface area contributed by atoms with Gasteiger partial charge in [0.2, 0.25) is 0 Å². The van der Waals surface area contributed by atoms with Crippen molar-refractivity contribution >= 4 is 45.2 Å². The van der Waals surface area contributed by atoms with Crippen LogP contribution in [0.4, 0.5) is 0 Å². The molecule has 4 bridgehead atoms. The molecular formula is C10H12I2. The molecular weight excluding hydrogens is 374 g/mol. The molecule has 0 aromatic heterocycles. The Morgan fingerprint density at radius 1 is 0.667 bits per heavy atom. The van der Waals surface area contributed by atoms with E-state index in [-0.39, 0.29) is 0 Å². The van der Waals surface area contributed by atoms with E-state index >= 15 is 0 Å². The van der Waals surface area contributed by atoms with Crippen molar-refractivity contribution < 1.29 is 0 Å². The van der Waals surface area contributed by atoms with Crippen molar-refractivity contribution in [3.8, 4) is 0 Å². The highest BCUT2D eigenvalue weighted by Gasteiger charge is 2.71. The number of hydrogen-bond acceptors (Lipinski definition) is 0. The summed E-state index contributed by atoms with van der Waals surface area (Å²) in [5.74, 6) is 6.99. The molecule has 0 heterocycles. The summed E-state index contributed by atoms with van der Waals surface area (Å²) >= 11 is 5.53. The zero-order valence-electron chi connectivity index (χ0n) is 6.79. The normalized spacial score (nSPS) is 76.5. The number of rotatable bonds is 0. The Balaban J connectivity index is 1.92. The van der Waals surface area contributed by atoms with Gasteiger partial charge in [-0.1, -0.05) is 45.2 Å². The first-order valence-electron chi connectivity index (χ1n) is 5.07. The van der Waals surface area contributed by atoms with Gasteiger partial charge in [0.25, 0.3) is 0 Å². The third-order valence-electron chi connectivity index (χ3n) is 5.18. The minimum Gasteiger partial charge on any atom is -0.0820 e. The van der Waals surface area contributed by atoms with Gasteiger partial charge in [0.15, 0.2) is 0 Å². The minimum atomic E-state index is 1.08. The Bertz CT molecular complexity index is 226. The van der Waals surface area contributed by atoms with E-state index in [4.69, 9.17) is 0 Å². The van der Waals surface area contributed by atoms with Crippen LogP contribution in [0.1, 0.15) is 12.8 Å². The van der Waals surface area contributed by atoms with Gasteiger partial charge in [-0.15, -0.1) is 0 Å². The monoisotopic (exact) mass is 386 g/mol. The highest BCUT2D eigenvalue weighted by Crippen LogP contribution is 2.75. The van der Waals surface area contributed by atoms with Crippen LogP contribution in [0.5, 0.6) is 0 Å². The summed E-state index contributed by atoms with van der Waals surface area (Å²) in [5.41, 5.74) is 0. The maximum absolute atomic E-state index is 2.77. The molecule has 8 atom stereocenters. The van der Waals surface area contributed by atoms with E-state index in [2.05, 4.69) is 45.2 Å². The van der Waals surface area contributed by atoms with Crippen molar-refractivity contribution in [1.82, 2.24) is 0 Å². The Hall–Kier alpha value is 1.46. The molecule has 0 radical (unpaired) electrons. The average molecular weight is 386 g/mol. The maximum atomic E-state index is 2.77. The second-order valence-corrected chi connectivity index (χ2v) is 8.05. The lowest BCUT2D eigenvalue weighted by Gasteiger charge is -2.33. The van der Waals surface area contributed by atoms with E-state index in [1.807, 2.05) is 0 Å². The molecule has 66 valence electrons. The largest absolute Gasteiger partial charge is 0.0820 e. The Labute approximate surface area is 101 Å². The summed E-state index contributed by atoms with van der Waals surface area (Å²) in [6.07, 6.45) is 3.23. The summed E-state index contributed by atoms with van der Waals surface area (Å²) < 4.78 is 2.15. The molecule has 4 rings (SSSR count). The van der Waals surface area contributed by atoms with Crippen LogP contribution in [0, 0.1) is 35.5 Å². The second-order valence-electron chi connectivity index (χ2n) is 5.17. The van der Waals surface area contributed by atoms with Crippen LogP contribution in [-0.4, -0.2) is 7.85 Å². The van der Waals surface area contributed by atoms with Gasteiger partial charge in [-0.05, 0) is 48.3 Å². The molecule has 2 heteroatoms. The van der Waals surface area contributed by atoms with E-state index in [0.29, 0.717) is 0 Å². The molecule has 0 saturated heterocycles. The van der Waals surface area contributed by atoms with Crippen molar-refractivity contribution in [1.29, 1.82) is 0 Å². The molecule has 4 saturated carbocycles. The number of hydrogen-bond donors (Lipinski definition) is 0. The van der Waals surface area contributed by atoms with Crippen LogP contribution in [-0.2, 0) is 0 Å². The molecule has 4 fully saturated rings. The quantitative estimate of drug-likeness (QED) is 0.444. The van der Waals surface area contributed by atoms with Crippen LogP contribution in [0.3, 0.4) is 0 Å².